The molecule has 2 aromatic carbocycles. The van der Waals surface area contributed by atoms with Crippen LogP contribution in [0, 0.1) is 5.92 Å². The minimum absolute atomic E-state index is 0.0511. The number of hydrogen-bond donors (Lipinski definition) is 1. The SMILES string of the molecule is CN(C(=O)C1CC1)c1ccccc1C(=O)N1CCN(c2ccc(C(N)=O)cc2)CC1. The molecule has 0 bridgehead atoms. The third-order valence-electron chi connectivity index (χ3n) is 5.84. The molecule has 2 aliphatic rings. The van der Waals surface area contributed by atoms with Crippen LogP contribution in [-0.4, -0.2) is 55.8 Å². The van der Waals surface area contributed by atoms with Crippen LogP contribution < -0.4 is 15.5 Å². The van der Waals surface area contributed by atoms with Crippen LogP contribution in [0.5, 0.6) is 0 Å². The first-order valence-electron chi connectivity index (χ1n) is 10.3. The highest BCUT2D eigenvalue weighted by atomic mass is 16.2. The summed E-state index contributed by atoms with van der Waals surface area (Å²) in [7, 11) is 1.75. The fourth-order valence-electron chi connectivity index (χ4n) is 3.84. The molecule has 1 heterocycles. The molecule has 0 unspecified atom stereocenters. The smallest absolute Gasteiger partial charge is 0.256 e. The lowest BCUT2D eigenvalue weighted by Crippen LogP contribution is -2.49. The second kappa shape index (κ2) is 8.18. The second-order valence-corrected chi connectivity index (χ2v) is 7.88. The van der Waals surface area contributed by atoms with E-state index in [0.717, 1.165) is 18.5 Å². The molecule has 0 radical (unpaired) electrons. The van der Waals surface area contributed by atoms with E-state index in [1.54, 1.807) is 30.1 Å². The van der Waals surface area contributed by atoms with Crippen molar-refractivity contribution in [3.63, 3.8) is 0 Å². The van der Waals surface area contributed by atoms with Gasteiger partial charge in [-0.3, -0.25) is 14.4 Å². The first-order valence-corrected chi connectivity index (χ1v) is 10.3. The predicted molar refractivity (Wildman–Crippen MR) is 116 cm³/mol. The fraction of sp³-hybridized carbons (Fsp3) is 0.348. The molecule has 1 saturated heterocycles. The van der Waals surface area contributed by atoms with E-state index in [0.29, 0.717) is 43.0 Å². The van der Waals surface area contributed by atoms with Crippen LogP contribution in [0.25, 0.3) is 0 Å². The van der Waals surface area contributed by atoms with Gasteiger partial charge in [-0.15, -0.1) is 0 Å². The number of primary amides is 1. The summed E-state index contributed by atoms with van der Waals surface area (Å²) in [6.45, 7) is 2.57. The molecular formula is C23H26N4O3. The quantitative estimate of drug-likeness (QED) is 0.824. The molecule has 1 aliphatic carbocycles. The summed E-state index contributed by atoms with van der Waals surface area (Å²) < 4.78 is 0. The highest BCUT2D eigenvalue weighted by Crippen LogP contribution is 2.33. The maximum absolute atomic E-state index is 13.2. The van der Waals surface area contributed by atoms with Crippen molar-refractivity contribution in [3.05, 3.63) is 59.7 Å². The van der Waals surface area contributed by atoms with Gasteiger partial charge in [-0.2, -0.15) is 0 Å². The minimum atomic E-state index is -0.444. The van der Waals surface area contributed by atoms with E-state index in [1.807, 2.05) is 35.2 Å². The summed E-state index contributed by atoms with van der Waals surface area (Å²) in [6.07, 6.45) is 1.86. The molecule has 2 aromatic rings. The molecule has 0 atom stereocenters. The molecule has 30 heavy (non-hydrogen) atoms. The number of para-hydroxylation sites is 1. The van der Waals surface area contributed by atoms with Crippen molar-refractivity contribution in [1.82, 2.24) is 4.90 Å². The number of rotatable bonds is 5. The van der Waals surface area contributed by atoms with Crippen LogP contribution in [0.3, 0.4) is 0 Å². The van der Waals surface area contributed by atoms with Crippen LogP contribution in [0.4, 0.5) is 11.4 Å². The monoisotopic (exact) mass is 406 g/mol. The number of benzene rings is 2. The van der Waals surface area contributed by atoms with Crippen molar-refractivity contribution in [2.24, 2.45) is 11.7 Å². The first kappa shape index (κ1) is 19.9. The molecule has 7 nitrogen and oxygen atoms in total. The average Bonchev–Trinajstić information content (AvgIpc) is 3.63. The van der Waals surface area contributed by atoms with Crippen molar-refractivity contribution in [1.29, 1.82) is 0 Å². The van der Waals surface area contributed by atoms with Crippen LogP contribution in [0.1, 0.15) is 33.6 Å². The molecule has 3 amide bonds. The summed E-state index contributed by atoms with van der Waals surface area (Å²) in [6, 6.07) is 14.5. The lowest BCUT2D eigenvalue weighted by atomic mass is 10.1. The van der Waals surface area contributed by atoms with Crippen molar-refractivity contribution in [3.8, 4) is 0 Å². The van der Waals surface area contributed by atoms with E-state index in [4.69, 9.17) is 5.73 Å². The third kappa shape index (κ3) is 4.01. The summed E-state index contributed by atoms with van der Waals surface area (Å²) in [5.74, 6) is -0.312. The van der Waals surface area contributed by atoms with Crippen LogP contribution in [0.2, 0.25) is 0 Å². The third-order valence-corrected chi connectivity index (χ3v) is 5.84. The van der Waals surface area contributed by atoms with E-state index in [2.05, 4.69) is 4.90 Å². The molecule has 0 spiro atoms. The van der Waals surface area contributed by atoms with Crippen molar-refractivity contribution >= 4 is 29.1 Å². The molecule has 1 saturated carbocycles. The molecule has 156 valence electrons. The Kier molecular flexibility index (Phi) is 5.44. The molecule has 1 aliphatic heterocycles. The topological polar surface area (TPSA) is 87.0 Å². The largest absolute Gasteiger partial charge is 0.368 e. The Balaban J connectivity index is 1.43. The second-order valence-electron chi connectivity index (χ2n) is 7.88. The Morgan fingerprint density at radius 3 is 2.17 bits per heavy atom. The summed E-state index contributed by atoms with van der Waals surface area (Å²) in [5.41, 5.74) is 8.02. The highest BCUT2D eigenvalue weighted by molar-refractivity contribution is 6.05. The molecule has 7 heteroatoms. The van der Waals surface area contributed by atoms with Gasteiger partial charge in [0, 0.05) is 50.4 Å². The number of nitrogens with two attached hydrogens (primary N) is 1. The number of amides is 3. The van der Waals surface area contributed by atoms with E-state index >= 15 is 0 Å². The normalized spacial score (nSPS) is 16.3. The van der Waals surface area contributed by atoms with E-state index in [9.17, 15) is 14.4 Å². The lowest BCUT2D eigenvalue weighted by molar-refractivity contribution is -0.119. The van der Waals surface area contributed by atoms with Crippen LogP contribution in [0.15, 0.2) is 48.5 Å². The Labute approximate surface area is 176 Å². The van der Waals surface area contributed by atoms with E-state index < -0.39 is 5.91 Å². The average molecular weight is 406 g/mol. The highest BCUT2D eigenvalue weighted by Gasteiger charge is 2.34. The summed E-state index contributed by atoms with van der Waals surface area (Å²) >= 11 is 0. The van der Waals surface area contributed by atoms with Gasteiger partial charge in [0.1, 0.15) is 0 Å². The van der Waals surface area contributed by atoms with Gasteiger partial charge in [0.25, 0.3) is 5.91 Å². The van der Waals surface area contributed by atoms with E-state index in [-0.39, 0.29) is 17.7 Å². The zero-order valence-electron chi connectivity index (χ0n) is 17.1. The van der Waals surface area contributed by atoms with Gasteiger partial charge in [-0.1, -0.05) is 12.1 Å². The number of carbonyl (C=O) groups is 3. The van der Waals surface area contributed by atoms with Crippen LogP contribution >= 0.6 is 0 Å². The van der Waals surface area contributed by atoms with E-state index in [1.165, 1.54) is 0 Å². The van der Waals surface area contributed by atoms with Gasteiger partial charge in [-0.05, 0) is 49.2 Å². The Morgan fingerprint density at radius 2 is 1.57 bits per heavy atom. The van der Waals surface area contributed by atoms with Gasteiger partial charge < -0.3 is 20.4 Å². The van der Waals surface area contributed by atoms with Crippen molar-refractivity contribution < 1.29 is 14.4 Å². The van der Waals surface area contributed by atoms with Gasteiger partial charge in [0.05, 0.1) is 11.3 Å². The van der Waals surface area contributed by atoms with Gasteiger partial charge in [-0.25, -0.2) is 0 Å². The predicted octanol–water partition coefficient (Wildman–Crippen LogP) is 2.12. The van der Waals surface area contributed by atoms with Crippen molar-refractivity contribution in [2.45, 2.75) is 12.8 Å². The molecule has 4 rings (SSSR count). The number of anilines is 2. The molecular weight excluding hydrogens is 380 g/mol. The summed E-state index contributed by atoms with van der Waals surface area (Å²) in [4.78, 5) is 42.6. The van der Waals surface area contributed by atoms with Gasteiger partial charge >= 0.3 is 0 Å². The van der Waals surface area contributed by atoms with Crippen LogP contribution in [-0.2, 0) is 4.79 Å². The fourth-order valence-corrected chi connectivity index (χ4v) is 3.84. The Bertz CT molecular complexity index is 961. The molecule has 0 aromatic heterocycles. The Morgan fingerprint density at radius 1 is 0.933 bits per heavy atom. The molecule has 2 N–H and O–H groups in total. The standard InChI is InChI=1S/C23H26N4O3/c1-25(22(29)17-6-7-17)20-5-3-2-4-19(20)23(30)27-14-12-26(13-15-27)18-10-8-16(9-11-18)21(24)28/h2-5,8-11,17H,6-7,12-15H2,1H3,(H2,24,28). The van der Waals surface area contributed by atoms with Gasteiger partial charge in [0.15, 0.2) is 0 Å². The number of nitrogens with zero attached hydrogens (tertiary/aromatic N) is 3. The number of piperazine rings is 1. The number of hydrogen-bond acceptors (Lipinski definition) is 4. The number of carbonyl (C=O) groups excluding carboxylic acids is 3. The first-order chi connectivity index (χ1) is 14.5. The maximum Gasteiger partial charge on any atom is 0.256 e. The maximum atomic E-state index is 13.2. The minimum Gasteiger partial charge on any atom is -0.368 e. The van der Waals surface area contributed by atoms with Crippen molar-refractivity contribution in [2.75, 3.05) is 43.0 Å². The molecule has 2 fully saturated rings. The summed E-state index contributed by atoms with van der Waals surface area (Å²) in [5, 5.41) is 0. The lowest BCUT2D eigenvalue weighted by Gasteiger charge is -2.36. The van der Waals surface area contributed by atoms with Gasteiger partial charge in [0.2, 0.25) is 11.8 Å². The zero-order chi connectivity index (χ0) is 21.3. The Hall–Kier alpha value is -3.35. The zero-order valence-corrected chi connectivity index (χ0v) is 17.1.